The highest BCUT2D eigenvalue weighted by Gasteiger charge is 2.13. The molecule has 0 aliphatic carbocycles. The van der Waals surface area contributed by atoms with Crippen LogP contribution in [0, 0.1) is 12.7 Å². The van der Waals surface area contributed by atoms with E-state index in [-0.39, 0.29) is 11.9 Å². The topological polar surface area (TPSA) is 50.9 Å². The lowest BCUT2D eigenvalue weighted by molar-refractivity contribution is 0.545. The first-order valence-electron chi connectivity index (χ1n) is 5.91. The molecule has 5 heteroatoms. The number of hydrazine groups is 1. The Morgan fingerprint density at radius 1 is 1.37 bits per heavy atom. The van der Waals surface area contributed by atoms with E-state index in [0.717, 1.165) is 21.2 Å². The molecule has 0 saturated carbocycles. The minimum atomic E-state index is -0.235. The Morgan fingerprint density at radius 3 is 2.79 bits per heavy atom. The van der Waals surface area contributed by atoms with Crippen molar-refractivity contribution in [2.75, 3.05) is 0 Å². The summed E-state index contributed by atoms with van der Waals surface area (Å²) >= 11 is 3.39. The Kier molecular flexibility index (Phi) is 4.63. The average Bonchev–Trinajstić information content (AvgIpc) is 2.37. The van der Waals surface area contributed by atoms with Crippen LogP contribution < -0.4 is 11.3 Å². The molecule has 0 spiro atoms. The molecule has 0 aliphatic heterocycles. The Bertz CT molecular complexity index is 574. The first-order chi connectivity index (χ1) is 9.10. The number of nitrogens with one attached hydrogen (secondary N) is 1. The molecule has 1 aromatic heterocycles. The van der Waals surface area contributed by atoms with E-state index in [9.17, 15) is 4.39 Å². The van der Waals surface area contributed by atoms with E-state index < -0.39 is 0 Å². The molecule has 0 radical (unpaired) electrons. The maximum absolute atomic E-state index is 13.1. The fourth-order valence-corrected chi connectivity index (χ4v) is 2.50. The molecular weight excluding hydrogens is 309 g/mol. The molecule has 0 fully saturated rings. The lowest BCUT2D eigenvalue weighted by atomic mass is 9.96. The van der Waals surface area contributed by atoms with E-state index in [4.69, 9.17) is 5.84 Å². The predicted octanol–water partition coefficient (Wildman–Crippen LogP) is 3.04. The van der Waals surface area contributed by atoms with Gasteiger partial charge in [0.1, 0.15) is 5.82 Å². The zero-order valence-corrected chi connectivity index (χ0v) is 12.1. The van der Waals surface area contributed by atoms with Crippen molar-refractivity contribution in [3.05, 3.63) is 63.6 Å². The van der Waals surface area contributed by atoms with Crippen molar-refractivity contribution in [2.24, 2.45) is 5.84 Å². The van der Waals surface area contributed by atoms with Crippen molar-refractivity contribution in [1.29, 1.82) is 0 Å². The number of aryl methyl sites for hydroxylation is 1. The molecule has 19 heavy (non-hydrogen) atoms. The van der Waals surface area contributed by atoms with Gasteiger partial charge in [0.2, 0.25) is 0 Å². The summed E-state index contributed by atoms with van der Waals surface area (Å²) in [7, 11) is 0. The van der Waals surface area contributed by atoms with Gasteiger partial charge in [-0.1, -0.05) is 6.07 Å². The third-order valence-electron chi connectivity index (χ3n) is 3.01. The molecule has 1 aromatic carbocycles. The molecule has 2 rings (SSSR count). The largest absolute Gasteiger partial charge is 0.271 e. The first-order valence-corrected chi connectivity index (χ1v) is 6.71. The molecule has 1 atom stereocenters. The normalized spacial score (nSPS) is 12.4. The number of hydrogen-bond donors (Lipinski definition) is 2. The summed E-state index contributed by atoms with van der Waals surface area (Å²) < 4.78 is 14.1. The zero-order valence-electron chi connectivity index (χ0n) is 10.5. The standard InChI is InChI=1S/C14H15BrFN3/c1-9-4-12(16)2-3-13(9)14(19-17)6-10-5-11(15)8-18-7-10/h2-5,7-8,14,19H,6,17H2,1H3. The van der Waals surface area contributed by atoms with Gasteiger partial charge in [0.25, 0.3) is 0 Å². The van der Waals surface area contributed by atoms with E-state index in [1.807, 2.05) is 13.0 Å². The Morgan fingerprint density at radius 2 is 2.16 bits per heavy atom. The quantitative estimate of drug-likeness (QED) is 0.671. The van der Waals surface area contributed by atoms with Crippen LogP contribution in [0.2, 0.25) is 0 Å². The summed E-state index contributed by atoms with van der Waals surface area (Å²) in [4.78, 5) is 4.13. The molecule has 100 valence electrons. The van der Waals surface area contributed by atoms with Gasteiger partial charge in [0.05, 0.1) is 6.04 Å². The van der Waals surface area contributed by atoms with Crippen LogP contribution >= 0.6 is 15.9 Å². The molecule has 0 saturated heterocycles. The number of rotatable bonds is 4. The van der Waals surface area contributed by atoms with Gasteiger partial charge >= 0.3 is 0 Å². The summed E-state index contributed by atoms with van der Waals surface area (Å²) in [5.41, 5.74) is 5.71. The lowest BCUT2D eigenvalue weighted by Crippen LogP contribution is -2.30. The Labute approximate surface area is 120 Å². The highest BCUT2D eigenvalue weighted by Crippen LogP contribution is 2.22. The van der Waals surface area contributed by atoms with Crippen molar-refractivity contribution in [3.8, 4) is 0 Å². The average molecular weight is 324 g/mol. The van der Waals surface area contributed by atoms with Crippen LogP contribution in [0.25, 0.3) is 0 Å². The summed E-state index contributed by atoms with van der Waals surface area (Å²) in [6.45, 7) is 1.88. The van der Waals surface area contributed by atoms with Crippen molar-refractivity contribution >= 4 is 15.9 Å². The molecule has 1 heterocycles. The maximum Gasteiger partial charge on any atom is 0.123 e. The van der Waals surface area contributed by atoms with E-state index in [1.165, 1.54) is 12.1 Å². The summed E-state index contributed by atoms with van der Waals surface area (Å²) in [6.07, 6.45) is 4.22. The molecule has 3 N–H and O–H groups in total. The monoisotopic (exact) mass is 323 g/mol. The van der Waals surface area contributed by atoms with Crippen LogP contribution in [0.15, 0.2) is 41.1 Å². The third-order valence-corrected chi connectivity index (χ3v) is 3.44. The van der Waals surface area contributed by atoms with Crippen molar-refractivity contribution in [2.45, 2.75) is 19.4 Å². The van der Waals surface area contributed by atoms with Gasteiger partial charge in [0.15, 0.2) is 0 Å². The second-order valence-electron chi connectivity index (χ2n) is 4.44. The number of aromatic nitrogens is 1. The highest BCUT2D eigenvalue weighted by atomic mass is 79.9. The fourth-order valence-electron chi connectivity index (χ4n) is 2.09. The van der Waals surface area contributed by atoms with E-state index in [0.29, 0.717) is 6.42 Å². The molecule has 2 aromatic rings. The zero-order chi connectivity index (χ0) is 13.8. The van der Waals surface area contributed by atoms with Gasteiger partial charge in [-0.25, -0.2) is 4.39 Å². The van der Waals surface area contributed by atoms with Crippen LogP contribution in [0.3, 0.4) is 0 Å². The number of benzene rings is 1. The number of hydrogen-bond acceptors (Lipinski definition) is 3. The van der Waals surface area contributed by atoms with Crippen LogP contribution in [-0.2, 0) is 6.42 Å². The second-order valence-corrected chi connectivity index (χ2v) is 5.35. The molecular formula is C14H15BrFN3. The highest BCUT2D eigenvalue weighted by molar-refractivity contribution is 9.10. The lowest BCUT2D eigenvalue weighted by Gasteiger charge is -2.18. The molecule has 0 amide bonds. The smallest absolute Gasteiger partial charge is 0.123 e. The van der Waals surface area contributed by atoms with Gasteiger partial charge in [-0.15, -0.1) is 0 Å². The van der Waals surface area contributed by atoms with Gasteiger partial charge in [0, 0.05) is 16.9 Å². The molecule has 3 nitrogen and oxygen atoms in total. The van der Waals surface area contributed by atoms with Crippen LogP contribution in [0.1, 0.15) is 22.7 Å². The molecule has 0 bridgehead atoms. The Balaban J connectivity index is 2.25. The van der Waals surface area contributed by atoms with E-state index in [1.54, 1.807) is 18.5 Å². The van der Waals surface area contributed by atoms with E-state index in [2.05, 4.69) is 26.3 Å². The van der Waals surface area contributed by atoms with Crippen molar-refractivity contribution < 1.29 is 4.39 Å². The van der Waals surface area contributed by atoms with Crippen LogP contribution in [-0.4, -0.2) is 4.98 Å². The molecule has 1 unspecified atom stereocenters. The van der Waals surface area contributed by atoms with Gasteiger partial charge in [-0.2, -0.15) is 0 Å². The first kappa shape index (κ1) is 14.1. The second kappa shape index (κ2) is 6.23. The van der Waals surface area contributed by atoms with Gasteiger partial charge < -0.3 is 0 Å². The number of pyridine rings is 1. The van der Waals surface area contributed by atoms with Gasteiger partial charge in [-0.05, 0) is 64.2 Å². The predicted molar refractivity (Wildman–Crippen MR) is 76.8 cm³/mol. The summed E-state index contributed by atoms with van der Waals surface area (Å²) in [5.74, 6) is 5.39. The SMILES string of the molecule is Cc1cc(F)ccc1C(Cc1cncc(Br)c1)NN. The Hall–Kier alpha value is -1.30. The summed E-state index contributed by atoms with van der Waals surface area (Å²) in [6, 6.07) is 6.65. The number of nitrogens with two attached hydrogens (primary N) is 1. The number of halogens is 2. The third kappa shape index (κ3) is 3.59. The number of nitrogens with zero attached hydrogens (tertiary/aromatic N) is 1. The maximum atomic E-state index is 13.1. The minimum Gasteiger partial charge on any atom is -0.271 e. The minimum absolute atomic E-state index is 0.0725. The fraction of sp³-hybridized carbons (Fsp3) is 0.214. The van der Waals surface area contributed by atoms with Crippen molar-refractivity contribution in [3.63, 3.8) is 0 Å². The van der Waals surface area contributed by atoms with Crippen molar-refractivity contribution in [1.82, 2.24) is 10.4 Å². The molecule has 0 aliphatic rings. The van der Waals surface area contributed by atoms with Gasteiger partial charge in [-0.3, -0.25) is 16.3 Å². The van der Waals surface area contributed by atoms with Crippen LogP contribution in [0.4, 0.5) is 4.39 Å². The van der Waals surface area contributed by atoms with E-state index >= 15 is 0 Å². The van der Waals surface area contributed by atoms with Crippen LogP contribution in [0.5, 0.6) is 0 Å². The summed E-state index contributed by atoms with van der Waals surface area (Å²) in [5, 5.41) is 0.